The lowest BCUT2D eigenvalue weighted by Crippen LogP contribution is -2.45. The third kappa shape index (κ3) is 3.71. The Hall–Kier alpha value is -1.21. The van der Waals surface area contributed by atoms with Crippen molar-refractivity contribution in [3.8, 4) is 0 Å². The summed E-state index contributed by atoms with van der Waals surface area (Å²) in [6.45, 7) is 5.45. The number of nitrogens with one attached hydrogen (secondary N) is 1. The van der Waals surface area contributed by atoms with Crippen LogP contribution in [0.1, 0.15) is 19.4 Å². The van der Waals surface area contributed by atoms with E-state index in [0.717, 1.165) is 10.9 Å². The van der Waals surface area contributed by atoms with Gasteiger partial charge < -0.3 is 5.73 Å². The number of para-hydroxylation sites is 1. The fourth-order valence-electron chi connectivity index (χ4n) is 1.83. The Kier molecular flexibility index (Phi) is 4.26. The topological polar surface area (TPSA) is 85.1 Å². The van der Waals surface area contributed by atoms with E-state index in [9.17, 15) is 8.42 Å². The smallest absolute Gasteiger partial charge is 0.242 e. The van der Waals surface area contributed by atoms with Crippen LogP contribution < -0.4 is 10.5 Å². The highest BCUT2D eigenvalue weighted by Crippen LogP contribution is 2.25. The number of fused-ring (bicyclic) bond motifs is 1. The molecule has 0 saturated heterocycles. The molecular formula is C14H18ClN3O2S. The number of halogens is 1. The maximum atomic E-state index is 12.4. The van der Waals surface area contributed by atoms with Gasteiger partial charge in [0.2, 0.25) is 10.0 Å². The van der Waals surface area contributed by atoms with Crippen molar-refractivity contribution in [2.45, 2.75) is 31.2 Å². The average molecular weight is 328 g/mol. The molecule has 0 radical (unpaired) electrons. The van der Waals surface area contributed by atoms with Crippen LogP contribution in [0.15, 0.2) is 29.2 Å². The molecule has 0 aliphatic carbocycles. The lowest BCUT2D eigenvalue weighted by Gasteiger charge is -2.19. The zero-order valence-corrected chi connectivity index (χ0v) is 13.7. The second kappa shape index (κ2) is 5.53. The van der Waals surface area contributed by atoms with Gasteiger partial charge in [0.05, 0.1) is 5.52 Å². The van der Waals surface area contributed by atoms with E-state index in [1.807, 2.05) is 13.0 Å². The van der Waals surface area contributed by atoms with E-state index in [1.54, 1.807) is 26.0 Å². The SMILES string of the molecule is Cc1cc2cccc(S(=O)(=O)NCC(C)(C)N)c2nc1Cl. The van der Waals surface area contributed by atoms with Gasteiger partial charge in [-0.15, -0.1) is 0 Å². The maximum Gasteiger partial charge on any atom is 0.242 e. The van der Waals surface area contributed by atoms with Gasteiger partial charge >= 0.3 is 0 Å². The second-order valence-electron chi connectivity index (χ2n) is 5.74. The average Bonchev–Trinajstić information content (AvgIpc) is 2.36. The first-order valence-corrected chi connectivity index (χ1v) is 8.31. The van der Waals surface area contributed by atoms with Crippen LogP contribution in [-0.4, -0.2) is 25.5 Å². The summed E-state index contributed by atoms with van der Waals surface area (Å²) in [7, 11) is -3.70. The molecule has 0 aliphatic rings. The van der Waals surface area contributed by atoms with Crippen molar-refractivity contribution in [1.82, 2.24) is 9.71 Å². The van der Waals surface area contributed by atoms with Crippen LogP contribution in [0.4, 0.5) is 0 Å². The highest BCUT2D eigenvalue weighted by atomic mass is 35.5. The fourth-order valence-corrected chi connectivity index (χ4v) is 3.36. The monoisotopic (exact) mass is 327 g/mol. The number of sulfonamides is 1. The molecule has 3 N–H and O–H groups in total. The minimum Gasteiger partial charge on any atom is -0.324 e. The van der Waals surface area contributed by atoms with Crippen LogP contribution in [0.5, 0.6) is 0 Å². The molecule has 1 aromatic heterocycles. The molecule has 0 amide bonds. The molecule has 0 fully saturated rings. The molecule has 0 atom stereocenters. The van der Waals surface area contributed by atoms with Crippen molar-refractivity contribution in [3.05, 3.63) is 35.0 Å². The van der Waals surface area contributed by atoms with Crippen LogP contribution in [0, 0.1) is 6.92 Å². The molecule has 1 aromatic carbocycles. The molecule has 0 aliphatic heterocycles. The number of aromatic nitrogens is 1. The molecule has 5 nitrogen and oxygen atoms in total. The highest BCUT2D eigenvalue weighted by molar-refractivity contribution is 7.89. The Morgan fingerprint density at radius 3 is 2.67 bits per heavy atom. The molecular weight excluding hydrogens is 310 g/mol. The van der Waals surface area contributed by atoms with Gasteiger partial charge in [-0.3, -0.25) is 0 Å². The molecule has 0 spiro atoms. The van der Waals surface area contributed by atoms with Crippen LogP contribution in [0.3, 0.4) is 0 Å². The van der Waals surface area contributed by atoms with Gasteiger partial charge in [0.15, 0.2) is 0 Å². The number of hydrogen-bond donors (Lipinski definition) is 2. The van der Waals surface area contributed by atoms with E-state index in [2.05, 4.69) is 9.71 Å². The predicted octanol–water partition coefficient (Wildman–Crippen LogP) is 2.21. The summed E-state index contributed by atoms with van der Waals surface area (Å²) < 4.78 is 27.4. The summed E-state index contributed by atoms with van der Waals surface area (Å²) in [5.74, 6) is 0. The third-order valence-corrected chi connectivity index (χ3v) is 4.76. The van der Waals surface area contributed by atoms with Crippen molar-refractivity contribution in [2.75, 3.05) is 6.54 Å². The van der Waals surface area contributed by atoms with Crippen molar-refractivity contribution in [2.24, 2.45) is 5.73 Å². The van der Waals surface area contributed by atoms with Crippen LogP contribution in [0.2, 0.25) is 5.15 Å². The largest absolute Gasteiger partial charge is 0.324 e. The molecule has 21 heavy (non-hydrogen) atoms. The van der Waals surface area contributed by atoms with E-state index in [0.29, 0.717) is 10.7 Å². The van der Waals surface area contributed by atoms with Crippen molar-refractivity contribution in [1.29, 1.82) is 0 Å². The zero-order valence-electron chi connectivity index (χ0n) is 12.1. The number of nitrogens with zero attached hydrogens (tertiary/aromatic N) is 1. The summed E-state index contributed by atoms with van der Waals surface area (Å²) in [4.78, 5) is 4.30. The number of aryl methyl sites for hydroxylation is 1. The van der Waals surface area contributed by atoms with Crippen LogP contribution in [0.25, 0.3) is 10.9 Å². The Labute approximate surface area is 129 Å². The summed E-state index contributed by atoms with van der Waals surface area (Å²) in [6, 6.07) is 6.81. The molecule has 7 heteroatoms. The van der Waals surface area contributed by atoms with Crippen LogP contribution in [-0.2, 0) is 10.0 Å². The van der Waals surface area contributed by atoms with Crippen molar-refractivity contribution >= 4 is 32.5 Å². The van der Waals surface area contributed by atoms with Crippen molar-refractivity contribution in [3.63, 3.8) is 0 Å². The fraction of sp³-hybridized carbons (Fsp3) is 0.357. The second-order valence-corrected chi connectivity index (χ2v) is 7.83. The number of benzene rings is 1. The van der Waals surface area contributed by atoms with Gasteiger partial charge in [-0.25, -0.2) is 18.1 Å². The quantitative estimate of drug-likeness (QED) is 0.843. The Balaban J connectivity index is 2.53. The van der Waals surface area contributed by atoms with Gasteiger partial charge in [-0.2, -0.15) is 0 Å². The Morgan fingerprint density at radius 1 is 1.38 bits per heavy atom. The van der Waals surface area contributed by atoms with Crippen molar-refractivity contribution < 1.29 is 8.42 Å². The lowest BCUT2D eigenvalue weighted by molar-refractivity contribution is 0.498. The number of nitrogens with two attached hydrogens (primary N) is 1. The van der Waals surface area contributed by atoms with Gasteiger partial charge in [-0.05, 0) is 38.5 Å². The standard InChI is InChI=1S/C14H18ClN3O2S/c1-9-7-10-5-4-6-11(12(10)18-13(9)15)21(19,20)17-8-14(2,3)16/h4-7,17H,8,16H2,1-3H3. The number of pyridine rings is 1. The van der Waals surface area contributed by atoms with Crippen LogP contribution >= 0.6 is 11.6 Å². The molecule has 1 heterocycles. The minimum absolute atomic E-state index is 0.103. The van der Waals surface area contributed by atoms with E-state index >= 15 is 0 Å². The molecule has 2 aromatic rings. The van der Waals surface area contributed by atoms with Gasteiger partial charge in [-0.1, -0.05) is 23.7 Å². The van der Waals surface area contributed by atoms with Gasteiger partial charge in [0, 0.05) is 17.5 Å². The number of rotatable bonds is 4. The minimum atomic E-state index is -3.70. The first kappa shape index (κ1) is 16.2. The lowest BCUT2D eigenvalue weighted by atomic mass is 10.1. The van der Waals surface area contributed by atoms with Gasteiger partial charge in [0.1, 0.15) is 10.0 Å². The molecule has 0 bridgehead atoms. The Morgan fingerprint density at radius 2 is 2.05 bits per heavy atom. The van der Waals surface area contributed by atoms with E-state index < -0.39 is 15.6 Å². The Bertz CT molecular complexity index is 783. The molecule has 0 unspecified atom stereocenters. The van der Waals surface area contributed by atoms with E-state index in [1.165, 1.54) is 6.07 Å². The highest BCUT2D eigenvalue weighted by Gasteiger charge is 2.21. The van der Waals surface area contributed by atoms with E-state index in [-0.39, 0.29) is 11.4 Å². The summed E-state index contributed by atoms with van der Waals surface area (Å²) >= 11 is 6.01. The maximum absolute atomic E-state index is 12.4. The molecule has 0 saturated carbocycles. The van der Waals surface area contributed by atoms with Gasteiger partial charge in [0.25, 0.3) is 0 Å². The van der Waals surface area contributed by atoms with E-state index in [4.69, 9.17) is 17.3 Å². The third-order valence-electron chi connectivity index (χ3n) is 2.94. The summed E-state index contributed by atoms with van der Waals surface area (Å²) in [5.41, 5.74) is 6.33. The normalized spacial score (nSPS) is 12.8. The summed E-state index contributed by atoms with van der Waals surface area (Å²) in [6.07, 6.45) is 0. The predicted molar refractivity (Wildman–Crippen MR) is 84.9 cm³/mol. The first-order chi connectivity index (χ1) is 9.60. The molecule has 114 valence electrons. The first-order valence-electron chi connectivity index (χ1n) is 6.44. The molecule has 2 rings (SSSR count). The number of hydrogen-bond acceptors (Lipinski definition) is 4. The summed E-state index contributed by atoms with van der Waals surface area (Å²) in [5, 5.41) is 1.02. The zero-order chi connectivity index (χ0) is 15.8.